The maximum atomic E-state index is 9.62. The van der Waals surface area contributed by atoms with Crippen LogP contribution in [0.25, 0.3) is 56.4 Å². The lowest BCUT2D eigenvalue weighted by atomic mass is 9.48. The van der Waals surface area contributed by atoms with Gasteiger partial charge in [0.05, 0.1) is 11.6 Å². The number of aromatic nitrogens is 3. The summed E-state index contributed by atoms with van der Waals surface area (Å²) in [7, 11) is 0. The second-order valence-electron chi connectivity index (χ2n) is 16.3. The predicted octanol–water partition coefficient (Wildman–Crippen LogP) is 11.2. The van der Waals surface area contributed by atoms with Gasteiger partial charge in [0.1, 0.15) is 0 Å². The third-order valence-electron chi connectivity index (χ3n) is 12.7. The lowest BCUT2D eigenvalue weighted by Crippen LogP contribution is -2.48. The Morgan fingerprint density at radius 1 is 0.529 bits per heavy atom. The maximum absolute atomic E-state index is 9.62. The summed E-state index contributed by atoms with van der Waals surface area (Å²) in [4.78, 5) is 15.4. The summed E-state index contributed by atoms with van der Waals surface area (Å²) in [6, 6.07) is 43.2. The predicted molar refractivity (Wildman–Crippen MR) is 204 cm³/mol. The Labute approximate surface area is 300 Å². The molecule has 4 bridgehead atoms. The van der Waals surface area contributed by atoms with Crippen LogP contribution in [0.2, 0.25) is 0 Å². The summed E-state index contributed by atoms with van der Waals surface area (Å²) in [6.45, 7) is 4.47. The second kappa shape index (κ2) is 11.3. The van der Waals surface area contributed by atoms with E-state index in [0.29, 0.717) is 28.5 Å². The first-order valence-electron chi connectivity index (χ1n) is 18.6. The molecule has 0 amide bonds. The topological polar surface area (TPSA) is 62.5 Å². The molecule has 5 aromatic carbocycles. The summed E-state index contributed by atoms with van der Waals surface area (Å²) in [6.07, 6.45) is 8.50. The van der Waals surface area contributed by atoms with Crippen molar-refractivity contribution in [2.45, 2.75) is 63.2 Å². The quantitative estimate of drug-likeness (QED) is 0.185. The molecule has 6 aromatic rings. The zero-order valence-electron chi connectivity index (χ0n) is 29.2. The van der Waals surface area contributed by atoms with Crippen molar-refractivity contribution in [2.75, 3.05) is 0 Å². The van der Waals surface area contributed by atoms with E-state index in [1.807, 2.05) is 30.3 Å². The van der Waals surface area contributed by atoms with Crippen LogP contribution < -0.4 is 0 Å². The molecule has 5 aliphatic carbocycles. The van der Waals surface area contributed by atoms with E-state index in [2.05, 4.69) is 105 Å². The van der Waals surface area contributed by atoms with Crippen LogP contribution >= 0.6 is 0 Å². The van der Waals surface area contributed by atoms with Gasteiger partial charge in [0.15, 0.2) is 17.5 Å². The van der Waals surface area contributed by atoms with Crippen LogP contribution in [-0.2, 0) is 10.8 Å². The number of rotatable bonds is 5. The summed E-state index contributed by atoms with van der Waals surface area (Å²) in [5.74, 6) is 4.75. The van der Waals surface area contributed by atoms with Crippen molar-refractivity contribution in [3.05, 3.63) is 138 Å². The van der Waals surface area contributed by atoms with Crippen molar-refractivity contribution < 1.29 is 0 Å². The molecule has 4 fully saturated rings. The molecule has 0 saturated heterocycles. The van der Waals surface area contributed by atoms with Gasteiger partial charge in [-0.25, -0.2) is 15.0 Å². The summed E-state index contributed by atoms with van der Waals surface area (Å²) >= 11 is 0. The van der Waals surface area contributed by atoms with Crippen LogP contribution in [0.15, 0.2) is 115 Å². The molecule has 11 rings (SSSR count). The average Bonchev–Trinajstić information content (AvgIpc) is 3.39. The zero-order valence-corrected chi connectivity index (χ0v) is 29.2. The molecular weight excluding hydrogens is 621 g/mol. The van der Waals surface area contributed by atoms with Gasteiger partial charge in [0, 0.05) is 22.1 Å². The molecule has 1 heterocycles. The largest absolute Gasteiger partial charge is 0.208 e. The first-order chi connectivity index (χ1) is 24.9. The van der Waals surface area contributed by atoms with Crippen LogP contribution in [0.4, 0.5) is 0 Å². The van der Waals surface area contributed by atoms with Crippen LogP contribution in [0.3, 0.4) is 0 Å². The number of nitrogens with zero attached hydrogens (tertiary/aromatic N) is 4. The first-order valence-corrected chi connectivity index (χ1v) is 18.6. The Balaban J connectivity index is 1.07. The smallest absolute Gasteiger partial charge is 0.164 e. The zero-order chi connectivity index (χ0) is 34.3. The fourth-order valence-corrected chi connectivity index (χ4v) is 10.7. The SMILES string of the molecule is CC1(C)c2ccc(-c3nc(-c4ccccc4)nc(-c4ccccc4-c4ccc(C56CC7CC(CC(C7)C5)C6)cc4)n3)cc2-c2ccc(C#N)cc21. The van der Waals surface area contributed by atoms with Crippen molar-refractivity contribution in [3.63, 3.8) is 0 Å². The number of benzene rings is 5. The summed E-state index contributed by atoms with van der Waals surface area (Å²) in [5, 5.41) is 9.62. The van der Waals surface area contributed by atoms with Crippen molar-refractivity contribution in [3.8, 4) is 62.5 Å². The molecule has 0 aliphatic heterocycles. The monoisotopic (exact) mass is 660 g/mol. The van der Waals surface area contributed by atoms with Gasteiger partial charge >= 0.3 is 0 Å². The number of fused-ring (bicyclic) bond motifs is 3. The van der Waals surface area contributed by atoms with Crippen molar-refractivity contribution in [2.24, 2.45) is 17.8 Å². The molecule has 5 aliphatic rings. The molecule has 0 atom stereocenters. The Hall–Kier alpha value is -5.40. The molecule has 0 radical (unpaired) electrons. The first kappa shape index (κ1) is 30.4. The highest BCUT2D eigenvalue weighted by atomic mass is 15.0. The lowest BCUT2D eigenvalue weighted by molar-refractivity contribution is -0.00518. The second-order valence-corrected chi connectivity index (χ2v) is 16.3. The van der Waals surface area contributed by atoms with E-state index in [4.69, 9.17) is 15.0 Å². The molecule has 0 spiro atoms. The molecule has 0 unspecified atom stereocenters. The van der Waals surface area contributed by atoms with Crippen molar-refractivity contribution >= 4 is 0 Å². The highest BCUT2D eigenvalue weighted by Gasteiger charge is 2.51. The van der Waals surface area contributed by atoms with Crippen LogP contribution in [0.5, 0.6) is 0 Å². The normalized spacial score (nSPS) is 23.4. The van der Waals surface area contributed by atoms with Crippen LogP contribution in [-0.4, -0.2) is 15.0 Å². The van der Waals surface area contributed by atoms with E-state index < -0.39 is 0 Å². The Bertz CT molecular complexity index is 2350. The molecule has 0 N–H and O–H groups in total. The van der Waals surface area contributed by atoms with Crippen molar-refractivity contribution in [1.29, 1.82) is 5.26 Å². The van der Waals surface area contributed by atoms with E-state index in [9.17, 15) is 5.26 Å². The van der Waals surface area contributed by atoms with Crippen molar-refractivity contribution in [1.82, 2.24) is 15.0 Å². The number of hydrogen-bond acceptors (Lipinski definition) is 4. The minimum Gasteiger partial charge on any atom is -0.208 e. The van der Waals surface area contributed by atoms with E-state index in [1.165, 1.54) is 60.8 Å². The van der Waals surface area contributed by atoms with E-state index in [1.54, 1.807) is 5.56 Å². The fourth-order valence-electron chi connectivity index (χ4n) is 10.7. The Kier molecular flexibility index (Phi) is 6.74. The highest BCUT2D eigenvalue weighted by molar-refractivity contribution is 5.85. The molecular formula is C47H40N4. The minimum atomic E-state index is -0.209. The van der Waals surface area contributed by atoms with Crippen LogP contribution in [0.1, 0.15) is 74.6 Å². The van der Waals surface area contributed by atoms with E-state index >= 15 is 0 Å². The third-order valence-corrected chi connectivity index (χ3v) is 12.7. The van der Waals surface area contributed by atoms with Gasteiger partial charge in [0.25, 0.3) is 0 Å². The van der Waals surface area contributed by atoms with Crippen LogP contribution in [0, 0.1) is 29.1 Å². The van der Waals surface area contributed by atoms with E-state index in [-0.39, 0.29) is 5.41 Å². The summed E-state index contributed by atoms with van der Waals surface area (Å²) in [5.41, 5.74) is 12.4. The third kappa shape index (κ3) is 4.89. The average molecular weight is 661 g/mol. The van der Waals surface area contributed by atoms with Gasteiger partial charge in [-0.05, 0) is 119 Å². The highest BCUT2D eigenvalue weighted by Crippen LogP contribution is 2.61. The van der Waals surface area contributed by atoms with Gasteiger partial charge in [-0.2, -0.15) is 5.26 Å². The fraction of sp³-hybridized carbons (Fsp3) is 0.277. The summed E-state index contributed by atoms with van der Waals surface area (Å²) < 4.78 is 0. The molecule has 1 aromatic heterocycles. The minimum absolute atomic E-state index is 0.209. The molecule has 4 saturated carbocycles. The standard InChI is InChI=1S/C47H40N4/c1-46(2)41-19-15-35(24-40(41)38-18-12-29(28-48)23-42(38)46)44-49-43(34-8-4-3-5-9-34)50-45(51-44)39-11-7-6-10-37(39)33-13-16-36(17-14-33)47-25-30-20-31(26-47)22-32(21-30)27-47/h3-19,23-24,30-32H,20-22,25-27H2,1-2H3. The van der Waals surface area contributed by atoms with Gasteiger partial charge in [-0.15, -0.1) is 0 Å². The maximum Gasteiger partial charge on any atom is 0.164 e. The molecule has 51 heavy (non-hydrogen) atoms. The molecule has 248 valence electrons. The molecule has 4 heteroatoms. The Morgan fingerprint density at radius 2 is 1.14 bits per heavy atom. The van der Waals surface area contributed by atoms with Gasteiger partial charge in [0.2, 0.25) is 0 Å². The number of hydrogen-bond donors (Lipinski definition) is 0. The number of nitriles is 1. The Morgan fingerprint density at radius 3 is 1.82 bits per heavy atom. The molecule has 4 nitrogen and oxygen atoms in total. The lowest BCUT2D eigenvalue weighted by Gasteiger charge is -2.57. The van der Waals surface area contributed by atoms with Gasteiger partial charge in [-0.3, -0.25) is 0 Å². The van der Waals surface area contributed by atoms with Gasteiger partial charge in [-0.1, -0.05) is 111 Å². The van der Waals surface area contributed by atoms with Gasteiger partial charge < -0.3 is 0 Å². The van der Waals surface area contributed by atoms with E-state index in [0.717, 1.165) is 45.6 Å².